The van der Waals surface area contributed by atoms with E-state index in [0.29, 0.717) is 5.69 Å². The summed E-state index contributed by atoms with van der Waals surface area (Å²) in [4.78, 5) is 16.4. The van der Waals surface area contributed by atoms with Gasteiger partial charge in [-0.25, -0.2) is 0 Å². The van der Waals surface area contributed by atoms with Gasteiger partial charge >= 0.3 is 0 Å². The Morgan fingerprint density at radius 2 is 1.71 bits per heavy atom. The van der Waals surface area contributed by atoms with Crippen molar-refractivity contribution >= 4 is 5.78 Å². The number of hydrogen-bond donors (Lipinski definition) is 0. The molecule has 0 saturated carbocycles. The maximum Gasteiger partial charge on any atom is 0.211 e. The number of rotatable bonds is 2. The van der Waals surface area contributed by atoms with Crippen LogP contribution in [0.1, 0.15) is 32.7 Å². The lowest BCUT2D eigenvalue weighted by Gasteiger charge is -2.06. The van der Waals surface area contributed by atoms with E-state index in [0.717, 1.165) is 22.3 Å². The van der Waals surface area contributed by atoms with Crippen molar-refractivity contribution in [1.82, 2.24) is 4.98 Å². The zero-order chi connectivity index (χ0) is 12.4. The molecule has 17 heavy (non-hydrogen) atoms. The second kappa shape index (κ2) is 4.50. The molecule has 0 aliphatic rings. The van der Waals surface area contributed by atoms with Gasteiger partial charge in [0.25, 0.3) is 0 Å². The third kappa shape index (κ3) is 2.41. The number of pyridine rings is 1. The summed E-state index contributed by atoms with van der Waals surface area (Å²) in [6.45, 7) is 5.89. The van der Waals surface area contributed by atoms with Gasteiger partial charge < -0.3 is 0 Å². The molecule has 1 aromatic heterocycles. The monoisotopic (exact) mass is 225 g/mol. The molecular weight excluding hydrogens is 210 g/mol. The first-order chi connectivity index (χ1) is 8.08. The highest BCUT2D eigenvalue weighted by Gasteiger charge is 2.13. The third-order valence-electron chi connectivity index (χ3n) is 2.79. The summed E-state index contributed by atoms with van der Waals surface area (Å²) in [5, 5.41) is 0. The number of ketones is 1. The minimum atomic E-state index is -0.00472. The van der Waals surface area contributed by atoms with Crippen molar-refractivity contribution in [3.8, 4) is 0 Å². The third-order valence-corrected chi connectivity index (χ3v) is 2.79. The van der Waals surface area contributed by atoms with Crippen LogP contribution in [0.3, 0.4) is 0 Å². The Bertz CT molecular complexity index is 573. The Morgan fingerprint density at radius 1 is 1.00 bits per heavy atom. The van der Waals surface area contributed by atoms with E-state index in [-0.39, 0.29) is 5.78 Å². The van der Waals surface area contributed by atoms with Crippen molar-refractivity contribution in [2.75, 3.05) is 0 Å². The number of benzene rings is 1. The van der Waals surface area contributed by atoms with E-state index >= 15 is 0 Å². The molecule has 2 nitrogen and oxygen atoms in total. The van der Waals surface area contributed by atoms with Crippen LogP contribution in [0.5, 0.6) is 0 Å². The van der Waals surface area contributed by atoms with Gasteiger partial charge in [-0.05, 0) is 50.1 Å². The zero-order valence-corrected chi connectivity index (χ0v) is 10.3. The molecular formula is C15H15NO. The van der Waals surface area contributed by atoms with Crippen molar-refractivity contribution in [3.05, 3.63) is 64.5 Å². The molecule has 0 spiro atoms. The van der Waals surface area contributed by atoms with Crippen molar-refractivity contribution in [2.24, 2.45) is 0 Å². The number of aryl methyl sites for hydroxylation is 3. The number of hydrogen-bond acceptors (Lipinski definition) is 2. The van der Waals surface area contributed by atoms with Crippen LogP contribution in [-0.2, 0) is 0 Å². The summed E-state index contributed by atoms with van der Waals surface area (Å²) < 4.78 is 0. The van der Waals surface area contributed by atoms with Crippen LogP contribution in [0.2, 0.25) is 0 Å². The average molecular weight is 225 g/mol. The van der Waals surface area contributed by atoms with Gasteiger partial charge in [-0.2, -0.15) is 0 Å². The second-order valence-corrected chi connectivity index (χ2v) is 4.37. The van der Waals surface area contributed by atoms with Crippen LogP contribution in [0.15, 0.2) is 36.5 Å². The van der Waals surface area contributed by atoms with E-state index in [9.17, 15) is 4.79 Å². The van der Waals surface area contributed by atoms with E-state index in [2.05, 4.69) is 4.98 Å². The average Bonchev–Trinajstić information content (AvgIpc) is 2.31. The summed E-state index contributed by atoms with van der Waals surface area (Å²) in [5.41, 5.74) is 4.38. The SMILES string of the molecule is Cc1ccnc(C(=O)c2cc(C)ccc2C)c1. The van der Waals surface area contributed by atoms with E-state index in [1.807, 2.05) is 51.1 Å². The summed E-state index contributed by atoms with van der Waals surface area (Å²) in [6.07, 6.45) is 1.67. The molecule has 0 aliphatic heterocycles. The predicted molar refractivity (Wildman–Crippen MR) is 68.3 cm³/mol. The Morgan fingerprint density at radius 3 is 2.41 bits per heavy atom. The number of carbonyl (C=O) groups excluding carboxylic acids is 1. The molecule has 2 aromatic rings. The molecule has 86 valence electrons. The lowest BCUT2D eigenvalue weighted by atomic mass is 9.99. The zero-order valence-electron chi connectivity index (χ0n) is 10.3. The number of nitrogens with zero attached hydrogens (tertiary/aromatic N) is 1. The molecule has 0 unspecified atom stereocenters. The van der Waals surface area contributed by atoms with Crippen molar-refractivity contribution < 1.29 is 4.79 Å². The van der Waals surface area contributed by atoms with Gasteiger partial charge in [0.05, 0.1) is 0 Å². The molecule has 0 atom stereocenters. The summed E-state index contributed by atoms with van der Waals surface area (Å²) in [6, 6.07) is 9.61. The minimum absolute atomic E-state index is 0.00472. The highest BCUT2D eigenvalue weighted by molar-refractivity contribution is 6.08. The van der Waals surface area contributed by atoms with Gasteiger partial charge in [0.1, 0.15) is 5.69 Å². The van der Waals surface area contributed by atoms with Crippen LogP contribution in [0.25, 0.3) is 0 Å². The number of aromatic nitrogens is 1. The highest BCUT2D eigenvalue weighted by Crippen LogP contribution is 2.15. The molecule has 0 bridgehead atoms. The van der Waals surface area contributed by atoms with E-state index < -0.39 is 0 Å². The fraction of sp³-hybridized carbons (Fsp3) is 0.200. The van der Waals surface area contributed by atoms with Crippen LogP contribution in [0.4, 0.5) is 0 Å². The fourth-order valence-corrected chi connectivity index (χ4v) is 1.78. The van der Waals surface area contributed by atoms with Crippen LogP contribution >= 0.6 is 0 Å². The first-order valence-electron chi connectivity index (χ1n) is 5.62. The highest BCUT2D eigenvalue weighted by atomic mass is 16.1. The maximum atomic E-state index is 12.3. The van der Waals surface area contributed by atoms with Gasteiger partial charge in [0.15, 0.2) is 0 Å². The Balaban J connectivity index is 2.47. The summed E-state index contributed by atoms with van der Waals surface area (Å²) in [7, 11) is 0. The molecule has 0 saturated heterocycles. The second-order valence-electron chi connectivity index (χ2n) is 4.37. The molecule has 0 fully saturated rings. The summed E-state index contributed by atoms with van der Waals surface area (Å²) >= 11 is 0. The molecule has 1 heterocycles. The molecule has 0 aliphatic carbocycles. The quantitative estimate of drug-likeness (QED) is 0.734. The molecule has 2 rings (SSSR count). The Hall–Kier alpha value is -1.96. The van der Waals surface area contributed by atoms with Crippen LogP contribution < -0.4 is 0 Å². The number of carbonyl (C=O) groups is 1. The molecule has 0 radical (unpaired) electrons. The molecule has 1 aromatic carbocycles. The van der Waals surface area contributed by atoms with Crippen molar-refractivity contribution in [3.63, 3.8) is 0 Å². The van der Waals surface area contributed by atoms with Gasteiger partial charge in [-0.15, -0.1) is 0 Å². The minimum Gasteiger partial charge on any atom is -0.287 e. The Labute approximate surface area is 101 Å². The topological polar surface area (TPSA) is 30.0 Å². The van der Waals surface area contributed by atoms with Gasteiger partial charge in [0, 0.05) is 11.8 Å². The standard InChI is InChI=1S/C15H15NO/c1-10-4-5-12(3)13(8-10)15(17)14-9-11(2)6-7-16-14/h4-9H,1-3H3. The van der Waals surface area contributed by atoms with Crippen LogP contribution in [0, 0.1) is 20.8 Å². The van der Waals surface area contributed by atoms with Crippen LogP contribution in [-0.4, -0.2) is 10.8 Å². The van der Waals surface area contributed by atoms with Gasteiger partial charge in [-0.3, -0.25) is 9.78 Å². The van der Waals surface area contributed by atoms with Crippen molar-refractivity contribution in [2.45, 2.75) is 20.8 Å². The van der Waals surface area contributed by atoms with E-state index in [1.165, 1.54) is 0 Å². The summed E-state index contributed by atoms with van der Waals surface area (Å²) in [5.74, 6) is -0.00472. The lowest BCUT2D eigenvalue weighted by Crippen LogP contribution is -2.06. The van der Waals surface area contributed by atoms with Gasteiger partial charge in [0.2, 0.25) is 5.78 Å². The fourth-order valence-electron chi connectivity index (χ4n) is 1.78. The predicted octanol–water partition coefficient (Wildman–Crippen LogP) is 3.24. The maximum absolute atomic E-state index is 12.3. The molecule has 0 N–H and O–H groups in total. The van der Waals surface area contributed by atoms with E-state index in [1.54, 1.807) is 6.20 Å². The Kier molecular flexibility index (Phi) is 3.05. The smallest absolute Gasteiger partial charge is 0.211 e. The molecule has 2 heteroatoms. The van der Waals surface area contributed by atoms with Gasteiger partial charge in [-0.1, -0.05) is 17.7 Å². The molecule has 0 amide bonds. The normalized spacial score (nSPS) is 10.3. The first-order valence-corrected chi connectivity index (χ1v) is 5.62. The first kappa shape index (κ1) is 11.5. The lowest BCUT2D eigenvalue weighted by molar-refractivity contribution is 0.103. The van der Waals surface area contributed by atoms with Crippen molar-refractivity contribution in [1.29, 1.82) is 0 Å². The largest absolute Gasteiger partial charge is 0.287 e. The van der Waals surface area contributed by atoms with E-state index in [4.69, 9.17) is 0 Å².